The van der Waals surface area contributed by atoms with E-state index in [4.69, 9.17) is 10.5 Å². The second-order valence-corrected chi connectivity index (χ2v) is 7.02. The largest absolute Gasteiger partial charge is 0.387 e. The molecule has 138 valence electrons. The molecular weight excluding hydrogens is 360 g/mol. The molecule has 0 aromatic carbocycles. The van der Waals surface area contributed by atoms with Crippen LogP contribution in [0.25, 0.3) is 11.2 Å². The van der Waals surface area contributed by atoms with E-state index in [1.54, 1.807) is 4.57 Å². The molecule has 0 saturated carbocycles. The lowest BCUT2D eigenvalue weighted by Crippen LogP contribution is -2.32. The summed E-state index contributed by atoms with van der Waals surface area (Å²) >= 11 is 1.40. The van der Waals surface area contributed by atoms with Crippen molar-refractivity contribution in [1.82, 2.24) is 34.3 Å². The Morgan fingerprint density at radius 3 is 2.77 bits per heavy atom. The van der Waals surface area contributed by atoms with E-state index in [0.717, 1.165) is 5.82 Å². The summed E-state index contributed by atoms with van der Waals surface area (Å²) in [5.41, 5.74) is 6.65. The van der Waals surface area contributed by atoms with Crippen LogP contribution in [0, 0.1) is 6.92 Å². The molecule has 0 spiro atoms. The van der Waals surface area contributed by atoms with Crippen LogP contribution in [0.15, 0.2) is 17.8 Å². The summed E-state index contributed by atoms with van der Waals surface area (Å²) in [5, 5.41) is 29.6. The van der Waals surface area contributed by atoms with Gasteiger partial charge in [-0.05, 0) is 6.92 Å². The highest BCUT2D eigenvalue weighted by Crippen LogP contribution is 2.34. The number of nitrogens with two attached hydrogens (primary N) is 1. The number of nitrogen functional groups attached to an aromatic ring is 1. The van der Waals surface area contributed by atoms with Crippen LogP contribution < -0.4 is 5.73 Å². The summed E-state index contributed by atoms with van der Waals surface area (Å²) in [4.78, 5) is 12.2. The Morgan fingerprint density at radius 1 is 1.23 bits per heavy atom. The number of hydrogen-bond donors (Lipinski definition) is 3. The van der Waals surface area contributed by atoms with Gasteiger partial charge in [-0.15, -0.1) is 10.2 Å². The van der Waals surface area contributed by atoms with Crippen molar-refractivity contribution in [2.24, 2.45) is 7.05 Å². The number of aliphatic hydroxyl groups excluding tert-OH is 2. The zero-order valence-corrected chi connectivity index (χ0v) is 14.9. The number of rotatable bonds is 4. The van der Waals surface area contributed by atoms with E-state index < -0.39 is 24.5 Å². The maximum Gasteiger partial charge on any atom is 0.191 e. The highest BCUT2D eigenvalue weighted by molar-refractivity contribution is 7.99. The fraction of sp³-hybridized carbons (Fsp3) is 0.500. The molecule has 4 atom stereocenters. The highest BCUT2D eigenvalue weighted by Gasteiger charge is 2.44. The molecule has 1 saturated heterocycles. The predicted molar refractivity (Wildman–Crippen MR) is 92.1 cm³/mol. The number of nitrogens with zero attached hydrogens (tertiary/aromatic N) is 7. The maximum absolute atomic E-state index is 10.4. The molecule has 0 unspecified atom stereocenters. The Balaban J connectivity index is 1.54. The lowest BCUT2D eigenvalue weighted by molar-refractivity contribution is -0.0289. The van der Waals surface area contributed by atoms with Crippen LogP contribution in [-0.2, 0) is 11.8 Å². The van der Waals surface area contributed by atoms with Crippen molar-refractivity contribution in [2.45, 2.75) is 36.6 Å². The fourth-order valence-corrected chi connectivity index (χ4v) is 3.84. The molecule has 0 radical (unpaired) electrons. The highest BCUT2D eigenvalue weighted by atomic mass is 32.2. The standard InChI is InChI=1S/C14H18N8O3S/c1-6-19-20-14(21(6)2)26-3-7-9(23)10(24)13(25-7)22-5-18-8-11(15)16-4-17-12(8)22/h4-5,7,9-10,13,23-24H,3H2,1-2H3,(H2,15,16,17)/t7-,9-,10-,13-/m1/s1. The molecule has 4 heterocycles. The van der Waals surface area contributed by atoms with Gasteiger partial charge in [0, 0.05) is 12.8 Å². The van der Waals surface area contributed by atoms with Gasteiger partial charge >= 0.3 is 0 Å². The van der Waals surface area contributed by atoms with Gasteiger partial charge in [-0.1, -0.05) is 11.8 Å². The molecule has 26 heavy (non-hydrogen) atoms. The van der Waals surface area contributed by atoms with E-state index in [2.05, 4.69) is 25.1 Å². The molecule has 11 nitrogen and oxygen atoms in total. The quantitative estimate of drug-likeness (QED) is 0.495. The lowest BCUT2D eigenvalue weighted by Gasteiger charge is -2.16. The molecule has 1 fully saturated rings. The summed E-state index contributed by atoms with van der Waals surface area (Å²) in [6.45, 7) is 1.86. The van der Waals surface area contributed by atoms with Crippen LogP contribution in [0.3, 0.4) is 0 Å². The molecule has 3 aromatic heterocycles. The van der Waals surface area contributed by atoms with Gasteiger partial charge in [0.2, 0.25) is 0 Å². The number of aryl methyl sites for hydroxylation is 1. The van der Waals surface area contributed by atoms with E-state index >= 15 is 0 Å². The van der Waals surface area contributed by atoms with Gasteiger partial charge in [0.15, 0.2) is 22.8 Å². The second kappa shape index (κ2) is 6.46. The first-order valence-electron chi connectivity index (χ1n) is 7.90. The third-order valence-electron chi connectivity index (χ3n) is 4.43. The summed E-state index contributed by atoms with van der Waals surface area (Å²) in [6, 6.07) is 0. The Morgan fingerprint density at radius 2 is 2.04 bits per heavy atom. The van der Waals surface area contributed by atoms with Crippen LogP contribution >= 0.6 is 11.8 Å². The summed E-state index contributed by atoms with van der Waals surface area (Å²) in [6.07, 6.45) is -0.812. The van der Waals surface area contributed by atoms with Gasteiger partial charge in [-0.3, -0.25) is 4.57 Å². The van der Waals surface area contributed by atoms with E-state index in [9.17, 15) is 10.2 Å². The molecule has 1 aliphatic rings. The van der Waals surface area contributed by atoms with Crippen LogP contribution in [0.4, 0.5) is 5.82 Å². The van der Waals surface area contributed by atoms with E-state index in [1.165, 1.54) is 24.4 Å². The molecule has 3 aromatic rings. The number of thioether (sulfide) groups is 1. The van der Waals surface area contributed by atoms with Crippen LogP contribution in [0.5, 0.6) is 0 Å². The molecule has 1 aliphatic heterocycles. The van der Waals surface area contributed by atoms with Gasteiger partial charge in [0.05, 0.1) is 12.4 Å². The lowest BCUT2D eigenvalue weighted by atomic mass is 10.1. The Bertz CT molecular complexity index is 944. The Kier molecular flexibility index (Phi) is 4.26. The molecule has 0 bridgehead atoms. The normalized spacial score (nSPS) is 26.0. The number of hydrogen-bond acceptors (Lipinski definition) is 10. The second-order valence-electron chi connectivity index (χ2n) is 6.03. The Labute approximate surface area is 152 Å². The number of fused-ring (bicyclic) bond motifs is 1. The monoisotopic (exact) mass is 378 g/mol. The first kappa shape index (κ1) is 17.1. The summed E-state index contributed by atoms with van der Waals surface area (Å²) < 4.78 is 9.29. The maximum atomic E-state index is 10.4. The minimum Gasteiger partial charge on any atom is -0.387 e. The van der Waals surface area contributed by atoms with Gasteiger partial charge in [0.25, 0.3) is 0 Å². The molecule has 0 aliphatic carbocycles. The smallest absolute Gasteiger partial charge is 0.191 e. The van der Waals surface area contributed by atoms with E-state index in [-0.39, 0.29) is 5.82 Å². The van der Waals surface area contributed by atoms with Crippen molar-refractivity contribution in [3.63, 3.8) is 0 Å². The molecule has 4 rings (SSSR count). The summed E-state index contributed by atoms with van der Waals surface area (Å²) in [7, 11) is 1.86. The number of aromatic nitrogens is 7. The SMILES string of the molecule is Cc1nnc(SC[C@H]2O[C@@H](n3cnc4c(N)ncnc43)[C@H](O)[C@@H]2O)n1C. The minimum atomic E-state index is -1.13. The zero-order valence-electron chi connectivity index (χ0n) is 14.1. The van der Waals surface area contributed by atoms with Crippen molar-refractivity contribution >= 4 is 28.7 Å². The Hall–Kier alpha value is -2.28. The molecule has 12 heteroatoms. The summed E-state index contributed by atoms with van der Waals surface area (Å²) in [5.74, 6) is 1.44. The van der Waals surface area contributed by atoms with Crippen LogP contribution in [0.2, 0.25) is 0 Å². The van der Waals surface area contributed by atoms with Crippen molar-refractivity contribution in [3.05, 3.63) is 18.5 Å². The first-order valence-corrected chi connectivity index (χ1v) is 8.89. The number of anilines is 1. The van der Waals surface area contributed by atoms with Crippen LogP contribution in [-0.4, -0.2) is 68.6 Å². The first-order chi connectivity index (χ1) is 12.5. The molecule has 0 amide bonds. The minimum absolute atomic E-state index is 0.242. The molecular formula is C14H18N8O3S. The van der Waals surface area contributed by atoms with Crippen molar-refractivity contribution in [3.8, 4) is 0 Å². The predicted octanol–water partition coefficient (Wildman–Crippen LogP) is -0.743. The van der Waals surface area contributed by atoms with Crippen LogP contribution in [0.1, 0.15) is 12.1 Å². The van der Waals surface area contributed by atoms with Gasteiger partial charge in [0.1, 0.15) is 29.9 Å². The van der Waals surface area contributed by atoms with Crippen molar-refractivity contribution in [2.75, 3.05) is 11.5 Å². The number of ether oxygens (including phenoxy) is 1. The van der Waals surface area contributed by atoms with Gasteiger partial charge < -0.3 is 25.3 Å². The average Bonchev–Trinajstić information content (AvgIpc) is 3.27. The van der Waals surface area contributed by atoms with Gasteiger partial charge in [-0.2, -0.15) is 0 Å². The zero-order chi connectivity index (χ0) is 18.4. The number of aliphatic hydroxyl groups is 2. The van der Waals surface area contributed by atoms with Crippen molar-refractivity contribution in [1.29, 1.82) is 0 Å². The van der Waals surface area contributed by atoms with Gasteiger partial charge in [-0.25, -0.2) is 15.0 Å². The topological polar surface area (TPSA) is 150 Å². The third kappa shape index (κ3) is 2.70. The average molecular weight is 378 g/mol. The number of imidazole rings is 1. The van der Waals surface area contributed by atoms with E-state index in [1.807, 2.05) is 18.5 Å². The molecule has 4 N–H and O–H groups in total. The van der Waals surface area contributed by atoms with Crippen molar-refractivity contribution < 1.29 is 14.9 Å². The fourth-order valence-electron chi connectivity index (χ4n) is 2.82. The third-order valence-corrected chi connectivity index (χ3v) is 5.54. The van der Waals surface area contributed by atoms with E-state index in [0.29, 0.717) is 22.1 Å².